The summed E-state index contributed by atoms with van der Waals surface area (Å²) in [5.74, 6) is 0.242. The minimum absolute atomic E-state index is 0.157. The molecule has 0 saturated carbocycles. The van der Waals surface area contributed by atoms with Gasteiger partial charge in [-0.15, -0.1) is 0 Å². The van der Waals surface area contributed by atoms with Crippen LogP contribution < -0.4 is 0 Å². The average Bonchev–Trinajstić information content (AvgIpc) is 2.57. The van der Waals surface area contributed by atoms with Crippen molar-refractivity contribution in [2.75, 3.05) is 31.3 Å². The van der Waals surface area contributed by atoms with E-state index in [4.69, 9.17) is 14.2 Å². The summed E-state index contributed by atoms with van der Waals surface area (Å²) in [4.78, 5) is 34.4. The van der Waals surface area contributed by atoms with Gasteiger partial charge in [-0.05, 0) is 12.8 Å². The summed E-state index contributed by atoms with van der Waals surface area (Å²) >= 11 is 1.56. The van der Waals surface area contributed by atoms with Crippen molar-refractivity contribution >= 4 is 29.7 Å². The van der Waals surface area contributed by atoms with Crippen molar-refractivity contribution in [1.29, 1.82) is 0 Å². The number of esters is 3. The van der Waals surface area contributed by atoms with Gasteiger partial charge in [0.2, 0.25) is 0 Å². The second-order valence-electron chi connectivity index (χ2n) is 6.14. The molecule has 0 aliphatic carbocycles. The number of hydrogen-bond donors (Lipinski definition) is 0. The molecule has 0 aromatic rings. The minimum atomic E-state index is -0.298. The molecule has 7 heteroatoms. The lowest BCUT2D eigenvalue weighted by atomic mass is 10.2. The molecule has 0 fully saturated rings. The highest BCUT2D eigenvalue weighted by Gasteiger charge is 2.14. The Bertz CT molecular complexity index is 397. The molecule has 0 rings (SSSR count). The number of thioether (sulfide) groups is 1. The van der Waals surface area contributed by atoms with Gasteiger partial charge in [-0.2, -0.15) is 11.8 Å². The summed E-state index contributed by atoms with van der Waals surface area (Å²) in [5.41, 5.74) is 0. The second kappa shape index (κ2) is 15.0. The van der Waals surface area contributed by atoms with Crippen LogP contribution in [0.5, 0.6) is 0 Å². The van der Waals surface area contributed by atoms with E-state index in [1.54, 1.807) is 25.6 Å². The highest BCUT2D eigenvalue weighted by Crippen LogP contribution is 2.10. The van der Waals surface area contributed by atoms with E-state index in [9.17, 15) is 14.4 Å². The zero-order chi connectivity index (χ0) is 19.1. The van der Waals surface area contributed by atoms with E-state index in [0.29, 0.717) is 31.1 Å². The van der Waals surface area contributed by atoms with Gasteiger partial charge in [-0.1, -0.05) is 34.1 Å². The van der Waals surface area contributed by atoms with E-state index >= 15 is 0 Å². The SMILES string of the molecule is CCCCOC(=O)C(C)CSCCOC(=O)CCCOC(=O)C(C)C. The van der Waals surface area contributed by atoms with Crippen LogP contribution in [0.3, 0.4) is 0 Å². The number of carbonyl (C=O) groups is 3. The Kier molecular flexibility index (Phi) is 14.3. The molecule has 0 aromatic carbocycles. The molecule has 25 heavy (non-hydrogen) atoms. The third-order valence-corrected chi connectivity index (χ3v) is 4.44. The molecule has 1 unspecified atom stereocenters. The third-order valence-electron chi connectivity index (χ3n) is 3.24. The fourth-order valence-corrected chi connectivity index (χ4v) is 2.49. The normalized spacial score (nSPS) is 11.9. The van der Waals surface area contributed by atoms with Crippen LogP contribution in [-0.2, 0) is 28.6 Å². The van der Waals surface area contributed by atoms with E-state index in [1.165, 1.54) is 0 Å². The van der Waals surface area contributed by atoms with Crippen LogP contribution in [0.25, 0.3) is 0 Å². The quantitative estimate of drug-likeness (QED) is 0.262. The van der Waals surface area contributed by atoms with Crippen molar-refractivity contribution in [3.63, 3.8) is 0 Å². The van der Waals surface area contributed by atoms with Crippen LogP contribution in [0.15, 0.2) is 0 Å². The van der Waals surface area contributed by atoms with Gasteiger partial charge in [0.1, 0.15) is 6.61 Å². The number of ether oxygens (including phenoxy) is 3. The molecule has 0 heterocycles. The first-order chi connectivity index (χ1) is 11.9. The first-order valence-corrected chi connectivity index (χ1v) is 10.1. The minimum Gasteiger partial charge on any atom is -0.465 e. The summed E-state index contributed by atoms with van der Waals surface area (Å²) in [5, 5.41) is 0. The second-order valence-corrected chi connectivity index (χ2v) is 7.29. The topological polar surface area (TPSA) is 78.9 Å². The first-order valence-electron chi connectivity index (χ1n) is 8.95. The van der Waals surface area contributed by atoms with Crippen LogP contribution in [0.4, 0.5) is 0 Å². The largest absolute Gasteiger partial charge is 0.465 e. The molecule has 146 valence electrons. The van der Waals surface area contributed by atoms with Crippen molar-refractivity contribution in [3.8, 4) is 0 Å². The number of rotatable bonds is 14. The molecule has 0 saturated heterocycles. The van der Waals surface area contributed by atoms with E-state index in [0.717, 1.165) is 12.8 Å². The van der Waals surface area contributed by atoms with E-state index < -0.39 is 0 Å². The molecule has 0 aromatic heterocycles. The Morgan fingerprint density at radius 2 is 1.52 bits per heavy atom. The maximum absolute atomic E-state index is 11.7. The van der Waals surface area contributed by atoms with Crippen molar-refractivity contribution in [2.24, 2.45) is 11.8 Å². The molecule has 0 radical (unpaired) electrons. The Balaban J connectivity index is 3.56. The van der Waals surface area contributed by atoms with E-state index in [1.807, 2.05) is 13.8 Å². The molecule has 0 bridgehead atoms. The molecule has 0 amide bonds. The number of unbranched alkanes of at least 4 members (excludes halogenated alkanes) is 1. The zero-order valence-corrected chi connectivity index (χ0v) is 16.7. The Morgan fingerprint density at radius 3 is 2.16 bits per heavy atom. The van der Waals surface area contributed by atoms with Crippen LogP contribution in [-0.4, -0.2) is 49.2 Å². The van der Waals surface area contributed by atoms with Crippen LogP contribution >= 0.6 is 11.8 Å². The molecule has 0 spiro atoms. The summed E-state index contributed by atoms with van der Waals surface area (Å²) < 4.78 is 15.2. The van der Waals surface area contributed by atoms with Gasteiger partial charge >= 0.3 is 17.9 Å². The lowest BCUT2D eigenvalue weighted by Gasteiger charge is -2.11. The fourth-order valence-electron chi connectivity index (χ4n) is 1.63. The highest BCUT2D eigenvalue weighted by molar-refractivity contribution is 7.99. The van der Waals surface area contributed by atoms with Gasteiger partial charge in [0.05, 0.1) is 25.0 Å². The summed E-state index contributed by atoms with van der Waals surface area (Å²) in [6.45, 7) is 8.44. The van der Waals surface area contributed by atoms with Crippen LogP contribution in [0.2, 0.25) is 0 Å². The average molecular weight is 377 g/mol. The Hall–Kier alpha value is -1.24. The van der Waals surface area contributed by atoms with Gasteiger partial charge in [0.15, 0.2) is 0 Å². The monoisotopic (exact) mass is 376 g/mol. The maximum atomic E-state index is 11.7. The predicted octanol–water partition coefficient (Wildman–Crippen LogP) is 3.22. The van der Waals surface area contributed by atoms with Crippen molar-refractivity contribution in [2.45, 2.75) is 53.4 Å². The lowest BCUT2D eigenvalue weighted by molar-refractivity contribution is -0.149. The van der Waals surface area contributed by atoms with Gasteiger partial charge < -0.3 is 14.2 Å². The molecule has 0 aliphatic heterocycles. The standard InChI is InChI=1S/C18H32O6S/c1-5-6-9-24-18(21)15(4)13-25-12-11-22-16(19)8-7-10-23-17(20)14(2)3/h14-15H,5-13H2,1-4H3. The van der Waals surface area contributed by atoms with Gasteiger partial charge in [-0.25, -0.2) is 0 Å². The maximum Gasteiger partial charge on any atom is 0.309 e. The molecule has 0 aliphatic rings. The van der Waals surface area contributed by atoms with Crippen molar-refractivity contribution in [3.05, 3.63) is 0 Å². The Morgan fingerprint density at radius 1 is 0.880 bits per heavy atom. The van der Waals surface area contributed by atoms with Crippen LogP contribution in [0, 0.1) is 11.8 Å². The van der Waals surface area contributed by atoms with Crippen LogP contribution in [0.1, 0.15) is 53.4 Å². The third kappa shape index (κ3) is 13.7. The number of carbonyl (C=O) groups excluding carboxylic acids is 3. The molecular weight excluding hydrogens is 344 g/mol. The van der Waals surface area contributed by atoms with Crippen molar-refractivity contribution in [1.82, 2.24) is 0 Å². The summed E-state index contributed by atoms with van der Waals surface area (Å²) in [6.07, 6.45) is 2.58. The number of hydrogen-bond acceptors (Lipinski definition) is 7. The fraction of sp³-hybridized carbons (Fsp3) is 0.833. The molecule has 1 atom stereocenters. The molecule has 0 N–H and O–H groups in total. The van der Waals surface area contributed by atoms with Crippen molar-refractivity contribution < 1.29 is 28.6 Å². The van der Waals surface area contributed by atoms with E-state index in [2.05, 4.69) is 0 Å². The zero-order valence-electron chi connectivity index (χ0n) is 15.9. The lowest BCUT2D eigenvalue weighted by Crippen LogP contribution is -2.18. The Labute approximate surface area is 155 Å². The summed E-state index contributed by atoms with van der Waals surface area (Å²) in [6, 6.07) is 0. The predicted molar refractivity (Wildman–Crippen MR) is 98.3 cm³/mol. The van der Waals surface area contributed by atoms with E-state index in [-0.39, 0.29) is 42.8 Å². The molecule has 6 nitrogen and oxygen atoms in total. The van der Waals surface area contributed by atoms with Gasteiger partial charge in [0, 0.05) is 17.9 Å². The van der Waals surface area contributed by atoms with Gasteiger partial charge in [-0.3, -0.25) is 14.4 Å². The smallest absolute Gasteiger partial charge is 0.309 e. The summed E-state index contributed by atoms with van der Waals surface area (Å²) in [7, 11) is 0. The first kappa shape index (κ1) is 23.8. The highest BCUT2D eigenvalue weighted by atomic mass is 32.2. The van der Waals surface area contributed by atoms with Gasteiger partial charge in [0.25, 0.3) is 0 Å². The molecular formula is C18H32O6S.